The summed E-state index contributed by atoms with van der Waals surface area (Å²) in [5, 5.41) is 4.57. The first-order chi connectivity index (χ1) is 13.9. The predicted molar refractivity (Wildman–Crippen MR) is 111 cm³/mol. The van der Waals surface area contributed by atoms with Crippen LogP contribution >= 0.6 is 11.6 Å². The van der Waals surface area contributed by atoms with Gasteiger partial charge in [0.2, 0.25) is 10.0 Å². The van der Waals surface area contributed by atoms with Crippen LogP contribution in [0.25, 0.3) is 10.8 Å². The summed E-state index contributed by atoms with van der Waals surface area (Å²) in [4.78, 5) is 19.0. The highest BCUT2D eigenvalue weighted by molar-refractivity contribution is 7.89. The lowest BCUT2D eigenvalue weighted by atomic mass is 10.0. The van der Waals surface area contributed by atoms with Crippen molar-refractivity contribution in [3.05, 3.63) is 35.6 Å². The fourth-order valence-corrected chi connectivity index (χ4v) is 6.25. The van der Waals surface area contributed by atoms with Crippen molar-refractivity contribution >= 4 is 38.2 Å². The summed E-state index contributed by atoms with van der Waals surface area (Å²) in [5.74, 6) is -0.510. The van der Waals surface area contributed by atoms with E-state index in [0.29, 0.717) is 23.7 Å². The van der Waals surface area contributed by atoms with Crippen LogP contribution in [0.1, 0.15) is 6.42 Å². The molecule has 2 aliphatic heterocycles. The van der Waals surface area contributed by atoms with E-state index in [4.69, 9.17) is 17.3 Å². The van der Waals surface area contributed by atoms with Gasteiger partial charge in [-0.15, -0.1) is 0 Å². The summed E-state index contributed by atoms with van der Waals surface area (Å²) in [6, 6.07) is 4.94. The number of carbonyl (C=O) groups is 1. The third-order valence-electron chi connectivity index (χ3n) is 5.69. The van der Waals surface area contributed by atoms with Crippen molar-refractivity contribution in [2.24, 2.45) is 11.7 Å². The molecule has 29 heavy (non-hydrogen) atoms. The van der Waals surface area contributed by atoms with E-state index in [1.807, 2.05) is 0 Å². The number of piperazine rings is 1. The number of hydrogen-bond acceptors (Lipinski definition) is 7. The smallest absolute Gasteiger partial charge is 0.245 e. The molecule has 8 nitrogen and oxygen atoms in total. The van der Waals surface area contributed by atoms with Gasteiger partial charge in [0.25, 0.3) is 0 Å². The minimum Gasteiger partial charge on any atom is -0.314 e. The third kappa shape index (κ3) is 3.90. The topological polar surface area (TPSA) is 109 Å². The van der Waals surface area contributed by atoms with E-state index < -0.39 is 22.1 Å². The molecule has 3 N–H and O–H groups in total. The molecule has 3 heterocycles. The number of nitrogens with zero attached hydrogens (tertiary/aromatic N) is 3. The van der Waals surface area contributed by atoms with E-state index in [1.165, 1.54) is 16.6 Å². The average molecular weight is 438 g/mol. The number of nitrogens with two attached hydrogens (primary N) is 1. The molecule has 1 aromatic carbocycles. The van der Waals surface area contributed by atoms with Crippen LogP contribution in [-0.4, -0.2) is 73.8 Å². The molecule has 4 rings (SSSR count). The Hall–Kier alpha value is -1.62. The van der Waals surface area contributed by atoms with Crippen molar-refractivity contribution < 1.29 is 13.2 Å². The molecule has 2 aromatic rings. The Morgan fingerprint density at radius 1 is 1.24 bits per heavy atom. The number of halogens is 1. The van der Waals surface area contributed by atoms with Gasteiger partial charge in [-0.25, -0.2) is 8.42 Å². The van der Waals surface area contributed by atoms with Gasteiger partial charge in [-0.3, -0.25) is 14.7 Å². The molecule has 156 valence electrons. The van der Waals surface area contributed by atoms with E-state index in [9.17, 15) is 13.2 Å². The summed E-state index contributed by atoms with van der Waals surface area (Å²) < 4.78 is 28.0. The van der Waals surface area contributed by atoms with Crippen molar-refractivity contribution in [3.8, 4) is 0 Å². The number of hydrogen-bond donors (Lipinski definition) is 2. The van der Waals surface area contributed by atoms with E-state index in [-0.39, 0.29) is 22.2 Å². The molecule has 0 saturated carbocycles. The molecule has 0 aliphatic carbocycles. The monoisotopic (exact) mass is 437 g/mol. The number of aromatic nitrogens is 1. The third-order valence-corrected chi connectivity index (χ3v) is 7.92. The van der Waals surface area contributed by atoms with Gasteiger partial charge < -0.3 is 11.1 Å². The zero-order valence-corrected chi connectivity index (χ0v) is 17.5. The Balaban J connectivity index is 1.58. The minimum absolute atomic E-state index is 0.00254. The lowest BCUT2D eigenvalue weighted by Crippen LogP contribution is -2.50. The molecule has 0 radical (unpaired) electrons. The highest BCUT2D eigenvalue weighted by Gasteiger charge is 2.43. The fourth-order valence-electron chi connectivity index (χ4n) is 4.13. The Bertz CT molecular complexity index is 1020. The van der Waals surface area contributed by atoms with Crippen LogP contribution in [0.3, 0.4) is 0 Å². The molecular formula is C19H24ClN5O3S. The molecule has 1 aromatic heterocycles. The van der Waals surface area contributed by atoms with Crippen LogP contribution in [0.4, 0.5) is 0 Å². The number of sulfonamides is 1. The predicted octanol–water partition coefficient (Wildman–Crippen LogP) is 0.658. The standard InChI is InChI=1S/C19H24ClN5O3S/c20-15-11-23-10-13-2-1-3-17(18(13)15)29(27,28)25-7-4-14(19(25)21)16(26)12-24-8-5-22-6-9-24/h1-3,10-11,14,19,22H,4-9,12,21H2/t14?,19-/m0/s1. The molecule has 1 unspecified atom stereocenters. The van der Waals surface area contributed by atoms with E-state index in [1.54, 1.807) is 18.3 Å². The van der Waals surface area contributed by atoms with Gasteiger partial charge in [-0.1, -0.05) is 23.7 Å². The summed E-state index contributed by atoms with van der Waals surface area (Å²) in [5.41, 5.74) is 6.28. The molecule has 0 amide bonds. The SMILES string of the molecule is N[C@@H]1C(C(=O)CN2CCNCC2)CCN1S(=O)(=O)c1cccc2cncc(Cl)c12. The van der Waals surface area contributed by atoms with Crippen LogP contribution in [0, 0.1) is 5.92 Å². The fraction of sp³-hybridized carbons (Fsp3) is 0.474. The molecule has 2 aliphatic rings. The van der Waals surface area contributed by atoms with Crippen molar-refractivity contribution in [2.75, 3.05) is 39.3 Å². The van der Waals surface area contributed by atoms with Crippen LogP contribution in [0.5, 0.6) is 0 Å². The number of fused-ring (bicyclic) bond motifs is 1. The van der Waals surface area contributed by atoms with Crippen molar-refractivity contribution in [1.82, 2.24) is 19.5 Å². The van der Waals surface area contributed by atoms with Gasteiger partial charge in [0.15, 0.2) is 5.78 Å². The Morgan fingerprint density at radius 3 is 2.76 bits per heavy atom. The maximum Gasteiger partial charge on any atom is 0.245 e. The first-order valence-electron chi connectivity index (χ1n) is 9.65. The minimum atomic E-state index is -3.92. The number of carbonyl (C=O) groups excluding carboxylic acids is 1. The van der Waals surface area contributed by atoms with Crippen LogP contribution in [-0.2, 0) is 14.8 Å². The van der Waals surface area contributed by atoms with Crippen LogP contribution < -0.4 is 11.1 Å². The molecule has 10 heteroatoms. The summed E-state index contributed by atoms with van der Waals surface area (Å²) in [6.07, 6.45) is 2.54. The zero-order valence-electron chi connectivity index (χ0n) is 15.9. The average Bonchev–Trinajstić information content (AvgIpc) is 3.11. The largest absolute Gasteiger partial charge is 0.314 e. The Kier molecular flexibility index (Phi) is 5.87. The molecule has 2 saturated heterocycles. The maximum atomic E-state index is 13.4. The zero-order chi connectivity index (χ0) is 20.6. The number of Topliss-reactive ketones (excluding diaryl/α,β-unsaturated/α-hetero) is 1. The summed E-state index contributed by atoms with van der Waals surface area (Å²) in [7, 11) is -3.92. The van der Waals surface area contributed by atoms with Crippen LogP contribution in [0.15, 0.2) is 35.5 Å². The van der Waals surface area contributed by atoms with Crippen LogP contribution in [0.2, 0.25) is 5.02 Å². The molecular weight excluding hydrogens is 414 g/mol. The Labute approximate surface area is 175 Å². The maximum absolute atomic E-state index is 13.4. The normalized spacial score (nSPS) is 24.2. The quantitative estimate of drug-likeness (QED) is 0.707. The molecule has 0 spiro atoms. The van der Waals surface area contributed by atoms with Gasteiger partial charge in [-0.2, -0.15) is 4.31 Å². The van der Waals surface area contributed by atoms with E-state index in [0.717, 1.165) is 26.2 Å². The van der Waals surface area contributed by atoms with Crippen molar-refractivity contribution in [3.63, 3.8) is 0 Å². The molecule has 2 atom stereocenters. The number of pyridine rings is 1. The highest BCUT2D eigenvalue weighted by Crippen LogP contribution is 2.34. The number of rotatable bonds is 5. The lowest BCUT2D eigenvalue weighted by Gasteiger charge is -2.29. The number of ketones is 1. The summed E-state index contributed by atoms with van der Waals surface area (Å²) >= 11 is 6.26. The molecule has 0 bridgehead atoms. The number of benzene rings is 1. The highest BCUT2D eigenvalue weighted by atomic mass is 35.5. The first kappa shape index (κ1) is 20.6. The van der Waals surface area contributed by atoms with Gasteiger partial charge in [0.1, 0.15) is 0 Å². The van der Waals surface area contributed by atoms with Crippen molar-refractivity contribution in [1.29, 1.82) is 0 Å². The summed E-state index contributed by atoms with van der Waals surface area (Å²) in [6.45, 7) is 3.82. The van der Waals surface area contributed by atoms with E-state index in [2.05, 4.69) is 15.2 Å². The Morgan fingerprint density at radius 2 is 2.00 bits per heavy atom. The van der Waals surface area contributed by atoms with Crippen molar-refractivity contribution in [2.45, 2.75) is 17.5 Å². The second-order valence-electron chi connectivity index (χ2n) is 7.47. The van der Waals surface area contributed by atoms with E-state index >= 15 is 0 Å². The lowest BCUT2D eigenvalue weighted by molar-refractivity contribution is -0.124. The van der Waals surface area contributed by atoms with Gasteiger partial charge in [0, 0.05) is 61.8 Å². The second kappa shape index (κ2) is 8.25. The van der Waals surface area contributed by atoms with Gasteiger partial charge in [-0.05, 0) is 12.5 Å². The van der Waals surface area contributed by atoms with Gasteiger partial charge >= 0.3 is 0 Å². The number of nitrogens with one attached hydrogen (secondary N) is 1. The first-order valence-corrected chi connectivity index (χ1v) is 11.5. The van der Waals surface area contributed by atoms with Gasteiger partial charge in [0.05, 0.1) is 22.6 Å². The second-order valence-corrected chi connectivity index (χ2v) is 9.74. The molecule has 2 fully saturated rings.